The summed E-state index contributed by atoms with van der Waals surface area (Å²) in [5, 5.41) is 40.5. The van der Waals surface area contributed by atoms with Gasteiger partial charge in [-0.1, -0.05) is 11.6 Å². The van der Waals surface area contributed by atoms with Crippen molar-refractivity contribution >= 4 is 23.0 Å². The van der Waals surface area contributed by atoms with Crippen LogP contribution < -0.4 is 9.47 Å². The normalized spacial score (nSPS) is 9.90. The van der Waals surface area contributed by atoms with Crippen molar-refractivity contribution in [3.63, 3.8) is 0 Å². The smallest absolute Gasteiger partial charge is 0.312 e. The van der Waals surface area contributed by atoms with Crippen LogP contribution in [0.1, 0.15) is 11.1 Å². The van der Waals surface area contributed by atoms with Crippen LogP contribution in [-0.2, 0) is 0 Å². The largest absolute Gasteiger partial charge is 0.450 e. The molecular formula is C20H9ClN4O6. The van der Waals surface area contributed by atoms with Gasteiger partial charge in [-0.2, -0.15) is 10.5 Å². The molecule has 0 radical (unpaired) electrons. The van der Waals surface area contributed by atoms with Gasteiger partial charge in [0.2, 0.25) is 11.5 Å². The molecule has 152 valence electrons. The summed E-state index contributed by atoms with van der Waals surface area (Å²) in [6, 6.07) is 15.1. The van der Waals surface area contributed by atoms with Crippen molar-refractivity contribution in [2.45, 2.75) is 0 Å². The monoisotopic (exact) mass is 436 g/mol. The lowest BCUT2D eigenvalue weighted by atomic mass is 10.2. The van der Waals surface area contributed by atoms with Crippen LogP contribution in [0.4, 0.5) is 11.4 Å². The lowest BCUT2D eigenvalue weighted by molar-refractivity contribution is -0.385. The molecule has 0 spiro atoms. The van der Waals surface area contributed by atoms with Crippen LogP contribution in [0.3, 0.4) is 0 Å². The quantitative estimate of drug-likeness (QED) is 0.363. The van der Waals surface area contributed by atoms with Crippen molar-refractivity contribution in [3.05, 3.63) is 91.0 Å². The molecule has 0 bridgehead atoms. The fourth-order valence-electron chi connectivity index (χ4n) is 2.50. The molecule has 0 fully saturated rings. The fraction of sp³-hybridized carbons (Fsp3) is 0. The first kappa shape index (κ1) is 21.0. The van der Waals surface area contributed by atoms with Crippen molar-refractivity contribution in [2.75, 3.05) is 0 Å². The third kappa shape index (κ3) is 4.67. The van der Waals surface area contributed by atoms with Gasteiger partial charge in [-0.25, -0.2) is 0 Å². The third-order valence-electron chi connectivity index (χ3n) is 3.92. The van der Waals surface area contributed by atoms with Gasteiger partial charge in [0.05, 0.1) is 38.1 Å². The van der Waals surface area contributed by atoms with Gasteiger partial charge < -0.3 is 9.47 Å². The second-order valence-electron chi connectivity index (χ2n) is 5.90. The highest BCUT2D eigenvalue weighted by Crippen LogP contribution is 2.39. The van der Waals surface area contributed by atoms with E-state index >= 15 is 0 Å². The zero-order valence-electron chi connectivity index (χ0n) is 15.3. The van der Waals surface area contributed by atoms with Gasteiger partial charge in [-0.05, 0) is 36.4 Å². The molecule has 3 aromatic carbocycles. The molecule has 0 N–H and O–H groups in total. The first-order valence-corrected chi connectivity index (χ1v) is 8.72. The topological polar surface area (TPSA) is 152 Å². The summed E-state index contributed by atoms with van der Waals surface area (Å²) in [7, 11) is 0. The van der Waals surface area contributed by atoms with E-state index in [9.17, 15) is 20.2 Å². The molecule has 0 aliphatic heterocycles. The van der Waals surface area contributed by atoms with E-state index in [-0.39, 0.29) is 39.1 Å². The van der Waals surface area contributed by atoms with E-state index in [1.807, 2.05) is 6.07 Å². The Balaban J connectivity index is 1.96. The number of nitrogens with zero attached hydrogens (tertiary/aromatic N) is 4. The minimum Gasteiger partial charge on any atom is -0.450 e. The lowest BCUT2D eigenvalue weighted by Gasteiger charge is -2.11. The molecule has 0 heterocycles. The summed E-state index contributed by atoms with van der Waals surface area (Å²) in [5.41, 5.74) is -0.689. The van der Waals surface area contributed by atoms with Gasteiger partial charge >= 0.3 is 11.4 Å². The highest BCUT2D eigenvalue weighted by Gasteiger charge is 2.20. The number of nitro groups is 2. The second-order valence-corrected chi connectivity index (χ2v) is 6.31. The molecule has 11 heteroatoms. The lowest BCUT2D eigenvalue weighted by Crippen LogP contribution is -1.96. The minimum atomic E-state index is -0.704. The van der Waals surface area contributed by atoms with Crippen LogP contribution in [0.5, 0.6) is 23.0 Å². The summed E-state index contributed by atoms with van der Waals surface area (Å²) in [6.45, 7) is 0. The predicted molar refractivity (Wildman–Crippen MR) is 107 cm³/mol. The first-order valence-electron chi connectivity index (χ1n) is 8.34. The highest BCUT2D eigenvalue weighted by atomic mass is 35.5. The number of benzene rings is 3. The van der Waals surface area contributed by atoms with Gasteiger partial charge in [0.1, 0.15) is 11.5 Å². The van der Waals surface area contributed by atoms with Crippen LogP contribution in [-0.4, -0.2) is 9.85 Å². The summed E-state index contributed by atoms with van der Waals surface area (Å²) in [6.07, 6.45) is 0. The molecule has 0 atom stereocenters. The molecule has 0 saturated heterocycles. The average Bonchev–Trinajstić information content (AvgIpc) is 2.76. The van der Waals surface area contributed by atoms with Gasteiger partial charge in [0, 0.05) is 18.2 Å². The maximum Gasteiger partial charge on any atom is 0.312 e. The SMILES string of the molecule is N#Cc1ccc(Oc2ccc(Cl)c(Oc3ccc(C#N)cc3[N+](=O)[O-])c2)c([N+](=O)[O-])c1. The Hall–Kier alpha value is -4.67. The Kier molecular flexibility index (Phi) is 5.96. The summed E-state index contributed by atoms with van der Waals surface area (Å²) in [5.74, 6) is -0.194. The van der Waals surface area contributed by atoms with E-state index < -0.39 is 21.2 Å². The highest BCUT2D eigenvalue weighted by molar-refractivity contribution is 6.32. The number of ether oxygens (including phenoxy) is 2. The molecule has 0 unspecified atom stereocenters. The molecule has 0 aliphatic carbocycles. The number of rotatable bonds is 6. The molecule has 10 nitrogen and oxygen atoms in total. The van der Waals surface area contributed by atoms with Gasteiger partial charge in [-0.15, -0.1) is 0 Å². The summed E-state index contributed by atoms with van der Waals surface area (Å²) in [4.78, 5) is 21.2. The van der Waals surface area contributed by atoms with Crippen molar-refractivity contribution in [1.82, 2.24) is 0 Å². The van der Waals surface area contributed by atoms with Crippen LogP contribution in [0.15, 0.2) is 54.6 Å². The molecule has 31 heavy (non-hydrogen) atoms. The molecule has 0 aromatic heterocycles. The number of nitriles is 2. The van der Waals surface area contributed by atoms with Crippen molar-refractivity contribution < 1.29 is 19.3 Å². The van der Waals surface area contributed by atoms with Crippen LogP contribution >= 0.6 is 11.6 Å². The predicted octanol–water partition coefficient (Wildman–Crippen LogP) is 5.48. The van der Waals surface area contributed by atoms with E-state index in [1.54, 1.807) is 6.07 Å². The van der Waals surface area contributed by atoms with E-state index in [0.717, 1.165) is 12.1 Å². The number of halogens is 1. The van der Waals surface area contributed by atoms with Gasteiger partial charge in [0.15, 0.2) is 0 Å². The Bertz CT molecular complexity index is 1300. The van der Waals surface area contributed by atoms with E-state index in [0.29, 0.717) is 0 Å². The van der Waals surface area contributed by atoms with E-state index in [1.165, 1.54) is 42.5 Å². The van der Waals surface area contributed by atoms with Crippen LogP contribution in [0.2, 0.25) is 5.02 Å². The van der Waals surface area contributed by atoms with Crippen LogP contribution in [0, 0.1) is 42.9 Å². The Morgan fingerprint density at radius 1 is 0.742 bits per heavy atom. The molecule has 0 amide bonds. The maximum absolute atomic E-state index is 11.3. The molecule has 3 rings (SSSR count). The number of hydrogen-bond donors (Lipinski definition) is 0. The molecule has 0 aliphatic rings. The van der Waals surface area contributed by atoms with E-state index in [4.69, 9.17) is 31.6 Å². The van der Waals surface area contributed by atoms with Gasteiger partial charge in [0.25, 0.3) is 0 Å². The zero-order chi connectivity index (χ0) is 22.5. The maximum atomic E-state index is 11.3. The summed E-state index contributed by atoms with van der Waals surface area (Å²) >= 11 is 6.11. The first-order chi connectivity index (χ1) is 14.8. The van der Waals surface area contributed by atoms with Crippen molar-refractivity contribution in [2.24, 2.45) is 0 Å². The number of nitro benzene ring substituents is 2. The zero-order valence-corrected chi connectivity index (χ0v) is 16.1. The second kappa shape index (κ2) is 8.78. The van der Waals surface area contributed by atoms with Crippen molar-refractivity contribution in [3.8, 4) is 35.1 Å². The number of hydrogen-bond acceptors (Lipinski definition) is 8. The van der Waals surface area contributed by atoms with Gasteiger partial charge in [-0.3, -0.25) is 20.2 Å². The molecular weight excluding hydrogens is 428 g/mol. The third-order valence-corrected chi connectivity index (χ3v) is 4.23. The molecule has 0 saturated carbocycles. The Labute approximate surface area is 179 Å². The Morgan fingerprint density at radius 2 is 1.26 bits per heavy atom. The molecule has 3 aromatic rings. The Morgan fingerprint density at radius 3 is 1.74 bits per heavy atom. The fourth-order valence-corrected chi connectivity index (χ4v) is 2.66. The average molecular weight is 437 g/mol. The summed E-state index contributed by atoms with van der Waals surface area (Å²) < 4.78 is 11.1. The standard InChI is InChI=1S/C20H9ClN4O6/c21-15-4-3-14(30-18-5-1-12(10-22)7-16(18)24(26)27)9-20(15)31-19-6-2-13(11-23)8-17(19)25(28)29/h1-9H. The van der Waals surface area contributed by atoms with Crippen molar-refractivity contribution in [1.29, 1.82) is 10.5 Å². The van der Waals surface area contributed by atoms with Crippen LogP contribution in [0.25, 0.3) is 0 Å². The van der Waals surface area contributed by atoms with E-state index in [2.05, 4.69) is 0 Å². The minimum absolute atomic E-state index is 0.0109.